The number of carboxylic acids is 1. The molecule has 2 heterocycles. The van der Waals surface area contributed by atoms with Crippen LogP contribution in [0.5, 0.6) is 0 Å². The fourth-order valence-electron chi connectivity index (χ4n) is 2.86. The van der Waals surface area contributed by atoms with Crippen LogP contribution < -0.4 is 4.90 Å². The van der Waals surface area contributed by atoms with E-state index in [2.05, 4.69) is 29.2 Å². The molecule has 2 aromatic rings. The first-order valence-corrected chi connectivity index (χ1v) is 8.79. The number of rotatable bonds is 4. The van der Waals surface area contributed by atoms with Crippen LogP contribution in [0.25, 0.3) is 16.5 Å². The third-order valence-corrected chi connectivity index (χ3v) is 5.22. The van der Waals surface area contributed by atoms with Crippen molar-refractivity contribution in [2.75, 3.05) is 18.0 Å². The lowest BCUT2D eigenvalue weighted by Crippen LogP contribution is -2.29. The molecule has 122 valence electrons. The molecule has 1 aromatic carbocycles. The van der Waals surface area contributed by atoms with Crippen LogP contribution in [-0.2, 0) is 4.79 Å². The van der Waals surface area contributed by atoms with Crippen molar-refractivity contribution in [3.8, 4) is 16.5 Å². The third kappa shape index (κ3) is 3.66. The van der Waals surface area contributed by atoms with Gasteiger partial charge in [-0.15, -0.1) is 11.3 Å². The van der Waals surface area contributed by atoms with Gasteiger partial charge in [0.05, 0.1) is 0 Å². The maximum atomic E-state index is 10.9. The molecule has 0 spiro atoms. The Balaban J connectivity index is 1.78. The lowest BCUT2D eigenvalue weighted by molar-refractivity contribution is -0.132. The average molecular weight is 338 g/mol. The van der Waals surface area contributed by atoms with Crippen molar-refractivity contribution in [2.24, 2.45) is 0 Å². The van der Waals surface area contributed by atoms with E-state index in [1.54, 1.807) is 6.07 Å². The number of carboxylic acid groups (broad SMARTS) is 1. The minimum Gasteiger partial charge on any atom is -0.477 e. The van der Waals surface area contributed by atoms with E-state index in [0.29, 0.717) is 0 Å². The summed E-state index contributed by atoms with van der Waals surface area (Å²) < 4.78 is 0. The Morgan fingerprint density at radius 2 is 1.83 bits per heavy atom. The number of carbonyl (C=O) groups is 1. The van der Waals surface area contributed by atoms with Crippen LogP contribution in [0, 0.1) is 11.3 Å². The van der Waals surface area contributed by atoms with Gasteiger partial charge in [-0.1, -0.05) is 12.1 Å². The van der Waals surface area contributed by atoms with E-state index in [9.17, 15) is 4.79 Å². The predicted octanol–water partition coefficient (Wildman–Crippen LogP) is 4.40. The number of anilines is 1. The van der Waals surface area contributed by atoms with Crippen LogP contribution in [0.3, 0.4) is 0 Å². The molecule has 0 bridgehead atoms. The van der Waals surface area contributed by atoms with Gasteiger partial charge in [-0.25, -0.2) is 4.79 Å². The molecule has 1 saturated heterocycles. The summed E-state index contributed by atoms with van der Waals surface area (Å²) >= 11 is 1.48. The molecule has 0 aliphatic carbocycles. The van der Waals surface area contributed by atoms with E-state index in [1.165, 1.54) is 42.4 Å². The van der Waals surface area contributed by atoms with Gasteiger partial charge >= 0.3 is 5.97 Å². The Kier molecular flexibility index (Phi) is 4.97. The lowest BCUT2D eigenvalue weighted by atomic mass is 10.1. The van der Waals surface area contributed by atoms with Gasteiger partial charge in [-0.2, -0.15) is 5.26 Å². The summed E-state index contributed by atoms with van der Waals surface area (Å²) in [7, 11) is 0. The smallest absolute Gasteiger partial charge is 0.346 e. The summed E-state index contributed by atoms with van der Waals surface area (Å²) in [4.78, 5) is 15.2. The molecule has 0 atom stereocenters. The SMILES string of the molecule is N#C/C(=C\c1ccc(-c2ccc(N3CCCCC3)cc2)s1)C(=O)O. The van der Waals surface area contributed by atoms with Crippen molar-refractivity contribution in [3.05, 3.63) is 46.8 Å². The van der Waals surface area contributed by atoms with Crippen LogP contribution >= 0.6 is 11.3 Å². The zero-order valence-corrected chi connectivity index (χ0v) is 14.1. The second-order valence-corrected chi connectivity index (χ2v) is 6.89. The van der Waals surface area contributed by atoms with E-state index >= 15 is 0 Å². The molecule has 1 fully saturated rings. The van der Waals surface area contributed by atoms with Gasteiger partial charge in [0.2, 0.25) is 0 Å². The zero-order chi connectivity index (χ0) is 16.9. The summed E-state index contributed by atoms with van der Waals surface area (Å²) in [6.07, 6.45) is 5.25. The van der Waals surface area contributed by atoms with Gasteiger partial charge in [0.1, 0.15) is 11.6 Å². The van der Waals surface area contributed by atoms with Crippen molar-refractivity contribution in [2.45, 2.75) is 19.3 Å². The molecule has 24 heavy (non-hydrogen) atoms. The summed E-state index contributed by atoms with van der Waals surface area (Å²) in [5.74, 6) is -1.20. The van der Waals surface area contributed by atoms with E-state index in [4.69, 9.17) is 10.4 Å². The van der Waals surface area contributed by atoms with Crippen LogP contribution in [-0.4, -0.2) is 24.2 Å². The minimum atomic E-state index is -1.20. The maximum Gasteiger partial charge on any atom is 0.346 e. The van der Waals surface area contributed by atoms with Gasteiger partial charge in [0.25, 0.3) is 0 Å². The molecule has 4 nitrogen and oxygen atoms in total. The number of nitriles is 1. The highest BCUT2D eigenvalue weighted by Gasteiger charge is 2.11. The van der Waals surface area contributed by atoms with Crippen LogP contribution in [0.4, 0.5) is 5.69 Å². The van der Waals surface area contributed by atoms with E-state index in [0.717, 1.165) is 28.4 Å². The van der Waals surface area contributed by atoms with Crippen LogP contribution in [0.1, 0.15) is 24.1 Å². The monoisotopic (exact) mass is 338 g/mol. The summed E-state index contributed by atoms with van der Waals surface area (Å²) in [5.41, 5.74) is 2.12. The Hall–Kier alpha value is -2.58. The highest BCUT2D eigenvalue weighted by Crippen LogP contribution is 2.31. The standard InChI is InChI=1S/C19H18N2O2S/c20-13-15(19(22)23)12-17-8-9-18(24-17)14-4-6-16(7-5-14)21-10-2-1-3-11-21/h4-9,12H,1-3,10-11H2,(H,22,23)/b15-12+. The Labute approximate surface area is 145 Å². The number of nitrogens with zero attached hydrogens (tertiary/aromatic N) is 2. The molecule has 0 unspecified atom stereocenters. The molecule has 1 N–H and O–H groups in total. The van der Waals surface area contributed by atoms with Crippen LogP contribution in [0.2, 0.25) is 0 Å². The van der Waals surface area contributed by atoms with Gasteiger partial charge in [0.15, 0.2) is 0 Å². The third-order valence-electron chi connectivity index (χ3n) is 4.14. The van der Waals surface area contributed by atoms with Crippen molar-refractivity contribution in [1.29, 1.82) is 5.26 Å². The number of benzene rings is 1. The van der Waals surface area contributed by atoms with Gasteiger partial charge in [0, 0.05) is 28.5 Å². The zero-order valence-electron chi connectivity index (χ0n) is 13.2. The molecule has 0 saturated carbocycles. The maximum absolute atomic E-state index is 10.9. The first-order valence-electron chi connectivity index (χ1n) is 7.98. The lowest BCUT2D eigenvalue weighted by Gasteiger charge is -2.28. The van der Waals surface area contributed by atoms with Gasteiger partial charge < -0.3 is 10.0 Å². The Morgan fingerprint density at radius 1 is 1.12 bits per heavy atom. The number of hydrogen-bond donors (Lipinski definition) is 1. The van der Waals surface area contributed by atoms with E-state index < -0.39 is 5.97 Å². The van der Waals surface area contributed by atoms with Crippen molar-refractivity contribution >= 4 is 29.1 Å². The first kappa shape index (κ1) is 16.3. The molecule has 1 aliphatic rings. The van der Waals surface area contributed by atoms with Gasteiger partial charge in [-0.3, -0.25) is 0 Å². The second kappa shape index (κ2) is 7.33. The Bertz CT molecular complexity index is 794. The molecule has 0 amide bonds. The molecular weight excluding hydrogens is 320 g/mol. The normalized spacial score (nSPS) is 15.1. The number of piperidine rings is 1. The summed E-state index contributed by atoms with van der Waals surface area (Å²) in [6.45, 7) is 2.25. The van der Waals surface area contributed by atoms with E-state index in [-0.39, 0.29) is 5.57 Å². The molecule has 1 aromatic heterocycles. The van der Waals surface area contributed by atoms with Crippen LogP contribution in [0.15, 0.2) is 42.0 Å². The molecule has 5 heteroatoms. The van der Waals surface area contributed by atoms with Crippen molar-refractivity contribution in [3.63, 3.8) is 0 Å². The highest BCUT2D eigenvalue weighted by molar-refractivity contribution is 7.16. The highest BCUT2D eigenvalue weighted by atomic mass is 32.1. The molecule has 3 rings (SSSR count). The topological polar surface area (TPSA) is 64.3 Å². The van der Waals surface area contributed by atoms with E-state index in [1.807, 2.05) is 12.1 Å². The number of hydrogen-bond acceptors (Lipinski definition) is 4. The Morgan fingerprint density at radius 3 is 2.46 bits per heavy atom. The average Bonchev–Trinajstić information content (AvgIpc) is 3.09. The fourth-order valence-corrected chi connectivity index (χ4v) is 3.82. The molecular formula is C19H18N2O2S. The van der Waals surface area contributed by atoms with Crippen molar-refractivity contribution in [1.82, 2.24) is 0 Å². The number of aliphatic carboxylic acids is 1. The largest absolute Gasteiger partial charge is 0.477 e. The summed E-state index contributed by atoms with van der Waals surface area (Å²) in [6, 6.07) is 14.0. The molecule has 0 radical (unpaired) electrons. The number of thiophene rings is 1. The first-order chi connectivity index (χ1) is 11.7. The quantitative estimate of drug-likeness (QED) is 0.663. The van der Waals surface area contributed by atoms with Crippen molar-refractivity contribution < 1.29 is 9.90 Å². The second-order valence-electron chi connectivity index (χ2n) is 5.77. The van der Waals surface area contributed by atoms with Gasteiger partial charge in [-0.05, 0) is 55.2 Å². The fraction of sp³-hybridized carbons (Fsp3) is 0.263. The predicted molar refractivity (Wildman–Crippen MR) is 97.0 cm³/mol. The molecule has 1 aliphatic heterocycles. The summed E-state index contributed by atoms with van der Waals surface area (Å²) in [5, 5.41) is 17.8. The minimum absolute atomic E-state index is 0.246.